The fraction of sp³-hybridized carbons (Fsp3) is 0.0625. The molecule has 5 nitrogen and oxygen atoms in total. The average Bonchev–Trinajstić information content (AvgIpc) is 2.55. The highest BCUT2D eigenvalue weighted by molar-refractivity contribution is 8.04. The molecule has 0 saturated heterocycles. The number of carbonyl (C=O) groups is 2. The quantitative estimate of drug-likeness (QED) is 0.854. The number of nitrogens with one attached hydrogen (secondary N) is 2. The van der Waals surface area contributed by atoms with Gasteiger partial charge in [0.05, 0.1) is 10.6 Å². The molecule has 1 aliphatic rings. The predicted molar refractivity (Wildman–Crippen MR) is 85.1 cm³/mol. The first-order chi connectivity index (χ1) is 10.7. The van der Waals surface area contributed by atoms with Crippen molar-refractivity contribution in [3.63, 3.8) is 0 Å². The Kier molecular flexibility index (Phi) is 4.20. The van der Waals surface area contributed by atoms with Crippen molar-refractivity contribution in [1.29, 1.82) is 0 Å². The first-order valence-electron chi connectivity index (χ1n) is 6.69. The van der Waals surface area contributed by atoms with Crippen LogP contribution in [0.3, 0.4) is 0 Å². The second-order valence-electron chi connectivity index (χ2n) is 4.64. The summed E-state index contributed by atoms with van der Waals surface area (Å²) >= 11 is 1.29. The summed E-state index contributed by atoms with van der Waals surface area (Å²) in [4.78, 5) is 29.2. The maximum atomic E-state index is 12.0. The van der Waals surface area contributed by atoms with Crippen LogP contribution in [-0.4, -0.2) is 16.8 Å². The summed E-state index contributed by atoms with van der Waals surface area (Å²) < 4.78 is 0. The Bertz CT molecular complexity index is 744. The Balaban J connectivity index is 1.67. The van der Waals surface area contributed by atoms with E-state index >= 15 is 0 Å². The third-order valence-corrected chi connectivity index (χ3v) is 4.13. The van der Waals surface area contributed by atoms with Gasteiger partial charge in [0.2, 0.25) is 5.91 Å². The van der Waals surface area contributed by atoms with Crippen LogP contribution in [0.5, 0.6) is 0 Å². The van der Waals surface area contributed by atoms with Gasteiger partial charge in [-0.2, -0.15) is 0 Å². The SMILES string of the molecule is O=C(C=C1Sc2ccccc2NC1=O)NCc1cccnc1. The zero-order valence-electron chi connectivity index (χ0n) is 11.6. The summed E-state index contributed by atoms with van der Waals surface area (Å²) in [5, 5.41) is 5.51. The van der Waals surface area contributed by atoms with Crippen molar-refractivity contribution in [1.82, 2.24) is 10.3 Å². The van der Waals surface area contributed by atoms with Crippen LogP contribution in [0.4, 0.5) is 5.69 Å². The summed E-state index contributed by atoms with van der Waals surface area (Å²) in [5.41, 5.74) is 1.67. The van der Waals surface area contributed by atoms with Crippen LogP contribution in [0.15, 0.2) is 64.7 Å². The van der Waals surface area contributed by atoms with Crippen molar-refractivity contribution < 1.29 is 9.59 Å². The maximum Gasteiger partial charge on any atom is 0.262 e. The minimum atomic E-state index is -0.305. The normalized spacial score (nSPS) is 15.1. The Morgan fingerprint density at radius 2 is 2.14 bits per heavy atom. The molecule has 0 radical (unpaired) electrons. The average molecular weight is 311 g/mol. The standard InChI is InChI=1S/C16H13N3O2S/c20-15(18-10-11-4-3-7-17-9-11)8-14-16(21)19-12-5-1-2-6-13(12)22-14/h1-9H,10H2,(H,18,20)(H,19,21). The number of benzene rings is 1. The zero-order chi connectivity index (χ0) is 15.4. The molecule has 0 unspecified atom stereocenters. The predicted octanol–water partition coefficient (Wildman–Crippen LogP) is 2.33. The highest BCUT2D eigenvalue weighted by atomic mass is 32.2. The molecule has 2 N–H and O–H groups in total. The molecule has 0 saturated carbocycles. The fourth-order valence-corrected chi connectivity index (χ4v) is 2.89. The lowest BCUT2D eigenvalue weighted by atomic mass is 10.3. The van der Waals surface area contributed by atoms with Gasteiger partial charge in [-0.05, 0) is 23.8 Å². The van der Waals surface area contributed by atoms with Gasteiger partial charge in [-0.15, -0.1) is 0 Å². The van der Waals surface area contributed by atoms with Gasteiger partial charge in [0, 0.05) is 29.9 Å². The third-order valence-electron chi connectivity index (χ3n) is 3.03. The lowest BCUT2D eigenvalue weighted by Gasteiger charge is -2.17. The number of rotatable bonds is 3. The molecule has 2 aromatic rings. The monoisotopic (exact) mass is 311 g/mol. The molecule has 6 heteroatoms. The molecule has 0 fully saturated rings. The van der Waals surface area contributed by atoms with E-state index in [1.807, 2.05) is 30.3 Å². The molecule has 22 heavy (non-hydrogen) atoms. The number of thioether (sulfide) groups is 1. The smallest absolute Gasteiger partial charge is 0.262 e. The van der Waals surface area contributed by atoms with Crippen molar-refractivity contribution in [3.8, 4) is 0 Å². The number of nitrogens with zero attached hydrogens (tertiary/aromatic N) is 1. The van der Waals surface area contributed by atoms with Crippen LogP contribution >= 0.6 is 11.8 Å². The zero-order valence-corrected chi connectivity index (χ0v) is 12.4. The van der Waals surface area contributed by atoms with Crippen LogP contribution in [0, 0.1) is 0 Å². The fourth-order valence-electron chi connectivity index (χ4n) is 1.96. The van der Waals surface area contributed by atoms with Crippen molar-refractivity contribution in [2.24, 2.45) is 0 Å². The van der Waals surface area contributed by atoms with Crippen molar-refractivity contribution in [3.05, 3.63) is 65.3 Å². The molecule has 1 aromatic carbocycles. The number of anilines is 1. The largest absolute Gasteiger partial charge is 0.348 e. The van der Waals surface area contributed by atoms with Gasteiger partial charge in [-0.25, -0.2) is 0 Å². The van der Waals surface area contributed by atoms with Gasteiger partial charge in [0.25, 0.3) is 5.91 Å². The molecule has 0 atom stereocenters. The number of pyridine rings is 1. The second-order valence-corrected chi connectivity index (χ2v) is 5.72. The first-order valence-corrected chi connectivity index (χ1v) is 7.51. The summed E-state index contributed by atoms with van der Waals surface area (Å²) in [6, 6.07) is 11.2. The van der Waals surface area contributed by atoms with E-state index in [1.165, 1.54) is 17.8 Å². The molecule has 0 aliphatic carbocycles. The first kappa shape index (κ1) is 14.3. The summed E-state index contributed by atoms with van der Waals surface area (Å²) in [5.74, 6) is -0.568. The van der Waals surface area contributed by atoms with Crippen molar-refractivity contribution in [2.45, 2.75) is 11.4 Å². The van der Waals surface area contributed by atoms with Gasteiger partial charge in [0.15, 0.2) is 0 Å². The van der Waals surface area contributed by atoms with Crippen LogP contribution < -0.4 is 10.6 Å². The number of aromatic nitrogens is 1. The topological polar surface area (TPSA) is 71.1 Å². The van der Waals surface area contributed by atoms with E-state index < -0.39 is 0 Å². The molecule has 2 amide bonds. The molecule has 2 heterocycles. The number of hydrogen-bond acceptors (Lipinski definition) is 4. The van der Waals surface area contributed by atoms with Crippen LogP contribution in [0.1, 0.15) is 5.56 Å². The van der Waals surface area contributed by atoms with E-state index in [1.54, 1.807) is 18.5 Å². The molecule has 3 rings (SSSR count). The maximum absolute atomic E-state index is 12.0. The molecule has 0 spiro atoms. The molecule has 110 valence electrons. The summed E-state index contributed by atoms with van der Waals surface area (Å²) in [6.07, 6.45) is 4.69. The molecule has 0 bridgehead atoms. The van der Waals surface area contributed by atoms with Crippen molar-refractivity contribution >= 4 is 29.3 Å². The number of amides is 2. The van der Waals surface area contributed by atoms with Crippen molar-refractivity contribution in [2.75, 3.05) is 5.32 Å². The Morgan fingerprint density at radius 3 is 2.95 bits per heavy atom. The van der Waals surface area contributed by atoms with Crippen LogP contribution in [0.25, 0.3) is 0 Å². The summed E-state index contributed by atoms with van der Waals surface area (Å²) in [6.45, 7) is 0.374. The molecular formula is C16H13N3O2S. The number of para-hydroxylation sites is 1. The van der Waals surface area contributed by atoms with E-state index in [-0.39, 0.29) is 11.8 Å². The second kappa shape index (κ2) is 6.44. The lowest BCUT2D eigenvalue weighted by Crippen LogP contribution is -2.23. The van der Waals surface area contributed by atoms with Crippen LogP contribution in [-0.2, 0) is 16.1 Å². The molecule has 1 aliphatic heterocycles. The Labute approximate surface area is 131 Å². The number of hydrogen-bond donors (Lipinski definition) is 2. The Morgan fingerprint density at radius 1 is 1.27 bits per heavy atom. The van der Waals surface area contributed by atoms with E-state index in [4.69, 9.17) is 0 Å². The van der Waals surface area contributed by atoms with E-state index in [2.05, 4.69) is 15.6 Å². The van der Waals surface area contributed by atoms with Gasteiger partial charge < -0.3 is 10.6 Å². The summed E-state index contributed by atoms with van der Waals surface area (Å²) in [7, 11) is 0. The van der Waals surface area contributed by atoms with E-state index in [9.17, 15) is 9.59 Å². The third kappa shape index (κ3) is 3.35. The lowest BCUT2D eigenvalue weighted by molar-refractivity contribution is -0.117. The van der Waals surface area contributed by atoms with Gasteiger partial charge >= 0.3 is 0 Å². The number of carbonyl (C=O) groups excluding carboxylic acids is 2. The van der Waals surface area contributed by atoms with E-state index in [0.29, 0.717) is 11.4 Å². The minimum Gasteiger partial charge on any atom is -0.348 e. The van der Waals surface area contributed by atoms with Gasteiger partial charge in [-0.1, -0.05) is 30.0 Å². The molecule has 1 aromatic heterocycles. The minimum absolute atomic E-state index is 0.264. The Hall–Kier alpha value is -2.60. The highest BCUT2D eigenvalue weighted by Gasteiger charge is 2.21. The molecular weight excluding hydrogens is 298 g/mol. The van der Waals surface area contributed by atoms with E-state index in [0.717, 1.165) is 16.1 Å². The van der Waals surface area contributed by atoms with Crippen LogP contribution in [0.2, 0.25) is 0 Å². The van der Waals surface area contributed by atoms with Gasteiger partial charge in [-0.3, -0.25) is 14.6 Å². The number of fused-ring (bicyclic) bond motifs is 1. The highest BCUT2D eigenvalue weighted by Crippen LogP contribution is 2.37. The van der Waals surface area contributed by atoms with Gasteiger partial charge in [0.1, 0.15) is 0 Å².